The van der Waals surface area contributed by atoms with Gasteiger partial charge in [-0.3, -0.25) is 9.11 Å². The molecular formula is C27H24N2O8S2. The zero-order chi connectivity index (χ0) is 27.9. The molecule has 0 fully saturated rings. The molecule has 1 aliphatic carbocycles. The predicted molar refractivity (Wildman–Crippen MR) is 145 cm³/mol. The Morgan fingerprint density at radius 1 is 0.641 bits per heavy atom. The van der Waals surface area contributed by atoms with E-state index in [2.05, 4.69) is 0 Å². The fourth-order valence-electron chi connectivity index (χ4n) is 4.47. The fourth-order valence-corrected chi connectivity index (χ4v) is 5.75. The van der Waals surface area contributed by atoms with Crippen LogP contribution in [0.25, 0.3) is 11.1 Å². The molecule has 0 atom stereocenters. The molecule has 0 unspecified atom stereocenters. The maximum Gasteiger partial charge on any atom is 0.298 e. The van der Waals surface area contributed by atoms with Gasteiger partial charge in [0, 0.05) is 22.5 Å². The molecule has 0 aliphatic heterocycles. The van der Waals surface area contributed by atoms with Gasteiger partial charge in [0.2, 0.25) is 0 Å². The van der Waals surface area contributed by atoms with E-state index in [-0.39, 0.29) is 31.1 Å². The van der Waals surface area contributed by atoms with Crippen LogP contribution in [0.4, 0.5) is 11.4 Å². The largest absolute Gasteiger partial charge is 0.487 e. The molecule has 0 radical (unpaired) electrons. The molecule has 0 bridgehead atoms. The third-order valence-corrected chi connectivity index (χ3v) is 8.19. The van der Waals surface area contributed by atoms with E-state index in [9.17, 15) is 25.9 Å². The Hall–Kier alpha value is -4.10. The van der Waals surface area contributed by atoms with Crippen molar-refractivity contribution in [3.63, 3.8) is 0 Å². The minimum absolute atomic E-state index is 0.0472. The minimum atomic E-state index is -4.72. The van der Waals surface area contributed by atoms with Gasteiger partial charge in [-0.2, -0.15) is 16.8 Å². The normalized spacial score (nSPS) is 12.6. The second kappa shape index (κ2) is 9.89. The molecule has 5 rings (SSSR count). The van der Waals surface area contributed by atoms with Gasteiger partial charge in [-0.25, -0.2) is 0 Å². The highest BCUT2D eigenvalue weighted by molar-refractivity contribution is 7.86. The van der Waals surface area contributed by atoms with Crippen LogP contribution in [0.1, 0.15) is 22.3 Å². The summed E-state index contributed by atoms with van der Waals surface area (Å²) in [6, 6.07) is 19.3. The summed E-state index contributed by atoms with van der Waals surface area (Å²) < 4.78 is 80.4. The van der Waals surface area contributed by atoms with Crippen LogP contribution in [0, 0.1) is 0 Å². The van der Waals surface area contributed by atoms with Gasteiger partial charge in [-0.15, -0.1) is 0 Å². The molecule has 0 spiro atoms. The summed E-state index contributed by atoms with van der Waals surface area (Å²) in [5.74, 6) is -0.170. The molecule has 0 saturated heterocycles. The minimum Gasteiger partial charge on any atom is -0.487 e. The van der Waals surface area contributed by atoms with Crippen molar-refractivity contribution in [2.24, 2.45) is 0 Å². The smallest absolute Gasteiger partial charge is 0.298 e. The molecule has 0 heterocycles. The van der Waals surface area contributed by atoms with Crippen molar-refractivity contribution >= 4 is 31.6 Å². The summed E-state index contributed by atoms with van der Waals surface area (Å²) >= 11 is 0. The number of nitrogen functional groups attached to an aromatic ring is 2. The lowest BCUT2D eigenvalue weighted by molar-refractivity contribution is 0.297. The van der Waals surface area contributed by atoms with E-state index in [4.69, 9.17) is 20.9 Å². The first-order valence-electron chi connectivity index (χ1n) is 11.6. The van der Waals surface area contributed by atoms with Crippen LogP contribution in [0.5, 0.6) is 11.5 Å². The first kappa shape index (κ1) is 26.5. The summed E-state index contributed by atoms with van der Waals surface area (Å²) in [7, 11) is -9.45. The maximum atomic E-state index is 12.3. The second-order valence-electron chi connectivity index (χ2n) is 9.01. The first-order valence-corrected chi connectivity index (χ1v) is 14.5. The number of benzene rings is 4. The van der Waals surface area contributed by atoms with Crippen LogP contribution in [0.3, 0.4) is 0 Å². The Kier molecular flexibility index (Phi) is 6.72. The monoisotopic (exact) mass is 568 g/mol. The molecule has 1 aliphatic rings. The van der Waals surface area contributed by atoms with Gasteiger partial charge in [0.05, 0.1) is 0 Å². The Balaban J connectivity index is 1.54. The van der Waals surface area contributed by atoms with Crippen LogP contribution in [-0.4, -0.2) is 25.9 Å². The number of fused-ring (bicyclic) bond motifs is 3. The Bertz CT molecular complexity index is 1690. The molecular weight excluding hydrogens is 544 g/mol. The number of nitrogens with two attached hydrogens (primary N) is 2. The predicted octanol–water partition coefficient (Wildman–Crippen LogP) is 4.07. The Labute approximate surface area is 225 Å². The van der Waals surface area contributed by atoms with Gasteiger partial charge < -0.3 is 20.9 Å². The van der Waals surface area contributed by atoms with Crippen molar-refractivity contribution in [1.82, 2.24) is 0 Å². The van der Waals surface area contributed by atoms with E-state index in [0.717, 1.165) is 0 Å². The average molecular weight is 569 g/mol. The van der Waals surface area contributed by atoms with E-state index in [1.165, 1.54) is 24.3 Å². The molecule has 10 nitrogen and oxygen atoms in total. The number of hydrogen-bond donors (Lipinski definition) is 4. The Morgan fingerprint density at radius 2 is 1.03 bits per heavy atom. The molecule has 0 amide bonds. The molecule has 12 heteroatoms. The summed E-state index contributed by atoms with van der Waals surface area (Å²) in [6.07, 6.45) is 0.288. The lowest BCUT2D eigenvalue weighted by Gasteiger charge is -2.14. The summed E-state index contributed by atoms with van der Waals surface area (Å²) in [5, 5.41) is 0. The van der Waals surface area contributed by atoms with E-state index < -0.39 is 30.0 Å². The van der Waals surface area contributed by atoms with Crippen LogP contribution in [-0.2, 0) is 39.9 Å². The van der Waals surface area contributed by atoms with Crippen LogP contribution in [0.2, 0.25) is 0 Å². The topological polar surface area (TPSA) is 179 Å². The number of para-hydroxylation sites is 2. The van der Waals surface area contributed by atoms with E-state index >= 15 is 0 Å². The number of ether oxygens (including phenoxy) is 2. The van der Waals surface area contributed by atoms with Gasteiger partial charge in [-0.05, 0) is 65.1 Å². The number of rotatable bonds is 8. The summed E-state index contributed by atoms with van der Waals surface area (Å²) in [6.45, 7) is -0.0944. The van der Waals surface area contributed by atoms with E-state index in [0.29, 0.717) is 44.8 Å². The van der Waals surface area contributed by atoms with Crippen LogP contribution in [0.15, 0.2) is 82.6 Å². The third-order valence-electron chi connectivity index (χ3n) is 6.44. The van der Waals surface area contributed by atoms with Gasteiger partial charge >= 0.3 is 0 Å². The number of hydrogen-bond acceptors (Lipinski definition) is 8. The standard InChI is InChI=1S/C27H24N2O8S2/c28-22-7-3-1-5-16(22)14-36-24-10-18-9-19-11-25(37-15-17-6-2-4-8-23(17)29)27(39(33,34)35)13-21(19)20(18)12-26(24)38(30,31)32/h1-8,10-13H,9,14-15,28-29H2,(H,30,31,32)(H,33,34,35). The van der Waals surface area contributed by atoms with Crippen LogP contribution < -0.4 is 20.9 Å². The Morgan fingerprint density at radius 3 is 1.38 bits per heavy atom. The highest BCUT2D eigenvalue weighted by Crippen LogP contribution is 2.45. The lowest BCUT2D eigenvalue weighted by atomic mass is 10.1. The third kappa shape index (κ3) is 5.40. The van der Waals surface area contributed by atoms with Crippen molar-refractivity contribution in [1.29, 1.82) is 0 Å². The lowest BCUT2D eigenvalue weighted by Crippen LogP contribution is -2.06. The molecule has 202 valence electrons. The molecule has 4 aromatic rings. The van der Waals surface area contributed by atoms with E-state index in [1.54, 1.807) is 48.5 Å². The number of anilines is 2. The van der Waals surface area contributed by atoms with Crippen molar-refractivity contribution in [3.8, 4) is 22.6 Å². The van der Waals surface area contributed by atoms with Crippen molar-refractivity contribution in [2.75, 3.05) is 11.5 Å². The first-order chi connectivity index (χ1) is 18.4. The fraction of sp³-hybridized carbons (Fsp3) is 0.111. The van der Waals surface area contributed by atoms with Gasteiger partial charge in [0.1, 0.15) is 34.5 Å². The van der Waals surface area contributed by atoms with Gasteiger partial charge in [-0.1, -0.05) is 36.4 Å². The summed E-state index contributed by atoms with van der Waals surface area (Å²) in [5.41, 5.74) is 16.1. The van der Waals surface area contributed by atoms with Crippen molar-refractivity contribution < 1.29 is 35.4 Å². The van der Waals surface area contributed by atoms with E-state index in [1.807, 2.05) is 0 Å². The zero-order valence-electron chi connectivity index (χ0n) is 20.4. The molecule has 0 aromatic heterocycles. The van der Waals surface area contributed by atoms with Crippen molar-refractivity contribution in [3.05, 3.63) is 95.1 Å². The maximum absolute atomic E-state index is 12.3. The molecule has 4 aromatic carbocycles. The quantitative estimate of drug-likeness (QED) is 0.157. The molecule has 0 saturated carbocycles. The molecule has 6 N–H and O–H groups in total. The zero-order valence-corrected chi connectivity index (χ0v) is 22.0. The second-order valence-corrected chi connectivity index (χ2v) is 11.8. The highest BCUT2D eigenvalue weighted by Gasteiger charge is 2.29. The van der Waals surface area contributed by atoms with Gasteiger partial charge in [0.15, 0.2) is 0 Å². The highest BCUT2D eigenvalue weighted by atomic mass is 32.2. The van der Waals surface area contributed by atoms with Crippen molar-refractivity contribution in [2.45, 2.75) is 29.4 Å². The SMILES string of the molecule is Nc1ccccc1COc1cc2c(cc1S(=O)(=O)O)-c1cc(S(=O)(=O)O)c(OCc3ccccc3N)cc1C2. The average Bonchev–Trinajstić information content (AvgIpc) is 3.22. The molecule has 39 heavy (non-hydrogen) atoms. The summed E-state index contributed by atoms with van der Waals surface area (Å²) in [4.78, 5) is -0.978. The van der Waals surface area contributed by atoms with Gasteiger partial charge in [0.25, 0.3) is 20.2 Å². The van der Waals surface area contributed by atoms with Crippen LogP contribution >= 0.6 is 0 Å².